The van der Waals surface area contributed by atoms with Crippen LogP contribution in [0.5, 0.6) is 0 Å². The van der Waals surface area contributed by atoms with E-state index in [0.29, 0.717) is 0 Å². The average Bonchev–Trinajstić information content (AvgIpc) is 2.53. The number of carbonyl (C=O) groups is 1. The second kappa shape index (κ2) is 5.84. The Labute approximate surface area is 132 Å². The summed E-state index contributed by atoms with van der Waals surface area (Å²) in [5.41, 5.74) is 5.37. The van der Waals surface area contributed by atoms with Crippen LogP contribution in [0.1, 0.15) is 27.9 Å². The van der Waals surface area contributed by atoms with Crippen molar-refractivity contribution in [1.29, 1.82) is 0 Å². The highest BCUT2D eigenvalue weighted by Crippen LogP contribution is 2.29. The van der Waals surface area contributed by atoms with Crippen LogP contribution < -0.4 is 9.80 Å². The maximum atomic E-state index is 12.9. The van der Waals surface area contributed by atoms with Gasteiger partial charge in [0.25, 0.3) is 5.91 Å². The molecule has 0 N–H and O–H groups in total. The minimum absolute atomic E-state index is 0.0977. The van der Waals surface area contributed by atoms with Crippen molar-refractivity contribution in [3.8, 4) is 0 Å². The van der Waals surface area contributed by atoms with Crippen LogP contribution in [-0.4, -0.2) is 26.5 Å². The third-order valence-corrected chi connectivity index (χ3v) is 4.28. The number of hydrogen-bond donors (Lipinski definition) is 0. The summed E-state index contributed by atoms with van der Waals surface area (Å²) in [6.45, 7) is 2.85. The average molecular weight is 294 g/mol. The fourth-order valence-electron chi connectivity index (χ4n) is 3.19. The predicted molar refractivity (Wildman–Crippen MR) is 91.9 cm³/mol. The first-order chi connectivity index (χ1) is 10.6. The molecule has 0 saturated carbocycles. The zero-order valence-electron chi connectivity index (χ0n) is 13.5. The molecule has 0 bridgehead atoms. The minimum Gasteiger partial charge on any atom is -0.377 e. The van der Waals surface area contributed by atoms with Crippen LogP contribution in [0.3, 0.4) is 0 Å². The molecule has 0 spiro atoms. The van der Waals surface area contributed by atoms with Crippen molar-refractivity contribution in [1.82, 2.24) is 0 Å². The van der Waals surface area contributed by atoms with E-state index in [9.17, 15) is 4.79 Å². The first kappa shape index (κ1) is 14.6. The molecule has 0 saturated heterocycles. The molecule has 114 valence electrons. The number of para-hydroxylation sites is 1. The Morgan fingerprint density at radius 1 is 1.14 bits per heavy atom. The van der Waals surface area contributed by atoms with Crippen molar-refractivity contribution in [2.24, 2.45) is 0 Å². The molecule has 22 heavy (non-hydrogen) atoms. The first-order valence-electron chi connectivity index (χ1n) is 7.75. The number of aryl methyl sites for hydroxylation is 2. The van der Waals surface area contributed by atoms with E-state index in [1.807, 2.05) is 55.4 Å². The summed E-state index contributed by atoms with van der Waals surface area (Å²) in [6, 6.07) is 14.2. The molecule has 0 aliphatic carbocycles. The maximum Gasteiger partial charge on any atom is 0.258 e. The molecule has 0 radical (unpaired) electrons. The van der Waals surface area contributed by atoms with Gasteiger partial charge < -0.3 is 9.80 Å². The lowest BCUT2D eigenvalue weighted by Crippen LogP contribution is -2.35. The molecular weight excluding hydrogens is 272 g/mol. The Hall–Kier alpha value is -2.29. The molecule has 1 aliphatic heterocycles. The van der Waals surface area contributed by atoms with Crippen molar-refractivity contribution >= 4 is 17.3 Å². The fraction of sp³-hybridized carbons (Fsp3) is 0.316. The summed E-state index contributed by atoms with van der Waals surface area (Å²) < 4.78 is 0. The fourth-order valence-corrected chi connectivity index (χ4v) is 3.19. The molecule has 0 unspecified atom stereocenters. The van der Waals surface area contributed by atoms with Gasteiger partial charge >= 0.3 is 0 Å². The van der Waals surface area contributed by atoms with Crippen LogP contribution >= 0.6 is 0 Å². The van der Waals surface area contributed by atoms with Gasteiger partial charge in [-0.05, 0) is 55.2 Å². The van der Waals surface area contributed by atoms with Crippen LogP contribution in [0.2, 0.25) is 0 Å². The van der Waals surface area contributed by atoms with E-state index in [-0.39, 0.29) is 5.91 Å². The van der Waals surface area contributed by atoms with Gasteiger partial charge in [0.05, 0.1) is 0 Å². The number of fused-ring (bicyclic) bond motifs is 1. The van der Waals surface area contributed by atoms with Crippen molar-refractivity contribution in [3.05, 3.63) is 59.2 Å². The van der Waals surface area contributed by atoms with Gasteiger partial charge in [0.2, 0.25) is 0 Å². The lowest BCUT2D eigenvalue weighted by atomic mass is 10.0. The van der Waals surface area contributed by atoms with E-state index in [1.165, 1.54) is 5.56 Å². The summed E-state index contributed by atoms with van der Waals surface area (Å²) in [4.78, 5) is 16.9. The second-order valence-corrected chi connectivity index (χ2v) is 6.08. The van der Waals surface area contributed by atoms with E-state index in [1.54, 1.807) is 0 Å². The third kappa shape index (κ3) is 2.59. The van der Waals surface area contributed by atoms with E-state index < -0.39 is 0 Å². The minimum atomic E-state index is 0.0977. The van der Waals surface area contributed by atoms with E-state index in [0.717, 1.165) is 41.9 Å². The number of nitrogens with zero attached hydrogens (tertiary/aromatic N) is 2. The summed E-state index contributed by atoms with van der Waals surface area (Å²) in [5, 5.41) is 0. The van der Waals surface area contributed by atoms with E-state index in [2.05, 4.69) is 17.9 Å². The molecule has 1 amide bonds. The Balaban J connectivity index is 1.94. The van der Waals surface area contributed by atoms with Gasteiger partial charge in [0.1, 0.15) is 0 Å². The Morgan fingerprint density at radius 3 is 2.64 bits per heavy atom. The zero-order chi connectivity index (χ0) is 15.7. The number of hydrogen-bond acceptors (Lipinski definition) is 2. The van der Waals surface area contributed by atoms with E-state index in [4.69, 9.17) is 0 Å². The molecule has 2 aromatic rings. The topological polar surface area (TPSA) is 23.6 Å². The predicted octanol–water partition coefficient (Wildman–Crippen LogP) is 3.65. The summed E-state index contributed by atoms with van der Waals surface area (Å²) in [5.74, 6) is 0.0977. The smallest absolute Gasteiger partial charge is 0.258 e. The second-order valence-electron chi connectivity index (χ2n) is 6.08. The van der Waals surface area contributed by atoms with Gasteiger partial charge in [-0.1, -0.05) is 18.2 Å². The summed E-state index contributed by atoms with van der Waals surface area (Å²) in [7, 11) is 4.04. The number of carbonyl (C=O) groups excluding carboxylic acids is 1. The standard InChI is InChI=1S/C19H22N2O/c1-14-13-16(10-11-17(14)20(2)3)19(22)21-12-6-8-15-7-4-5-9-18(15)21/h4-5,7,9-11,13H,6,8,12H2,1-3H3. The molecule has 0 fully saturated rings. The van der Waals surface area contributed by atoms with Gasteiger partial charge in [0, 0.05) is 37.6 Å². The van der Waals surface area contributed by atoms with E-state index >= 15 is 0 Å². The van der Waals surface area contributed by atoms with Gasteiger partial charge in [0.15, 0.2) is 0 Å². The van der Waals surface area contributed by atoms with Gasteiger partial charge in [-0.2, -0.15) is 0 Å². The maximum absolute atomic E-state index is 12.9. The Morgan fingerprint density at radius 2 is 1.91 bits per heavy atom. The van der Waals surface area contributed by atoms with Crippen molar-refractivity contribution in [2.45, 2.75) is 19.8 Å². The van der Waals surface area contributed by atoms with Crippen molar-refractivity contribution in [3.63, 3.8) is 0 Å². The zero-order valence-corrected chi connectivity index (χ0v) is 13.5. The number of amides is 1. The van der Waals surface area contributed by atoms with Crippen LogP contribution in [0.25, 0.3) is 0 Å². The van der Waals surface area contributed by atoms with Gasteiger partial charge in [-0.3, -0.25) is 4.79 Å². The lowest BCUT2D eigenvalue weighted by Gasteiger charge is -2.29. The molecular formula is C19H22N2O. The largest absolute Gasteiger partial charge is 0.377 e. The first-order valence-corrected chi connectivity index (χ1v) is 7.75. The van der Waals surface area contributed by atoms with Crippen molar-refractivity contribution in [2.75, 3.05) is 30.4 Å². The Kier molecular flexibility index (Phi) is 3.88. The van der Waals surface area contributed by atoms with Crippen LogP contribution in [0, 0.1) is 6.92 Å². The third-order valence-electron chi connectivity index (χ3n) is 4.28. The highest BCUT2D eigenvalue weighted by atomic mass is 16.2. The summed E-state index contributed by atoms with van der Waals surface area (Å²) >= 11 is 0. The number of rotatable bonds is 2. The molecule has 0 aromatic heterocycles. The normalized spacial score (nSPS) is 13.7. The van der Waals surface area contributed by atoms with Crippen LogP contribution in [0.15, 0.2) is 42.5 Å². The Bertz CT molecular complexity index is 706. The highest BCUT2D eigenvalue weighted by molar-refractivity contribution is 6.07. The lowest BCUT2D eigenvalue weighted by molar-refractivity contribution is 0.0985. The molecule has 2 aromatic carbocycles. The molecule has 3 nitrogen and oxygen atoms in total. The molecule has 1 heterocycles. The number of anilines is 2. The van der Waals surface area contributed by atoms with Gasteiger partial charge in [-0.25, -0.2) is 0 Å². The summed E-state index contributed by atoms with van der Waals surface area (Å²) in [6.07, 6.45) is 2.08. The highest BCUT2D eigenvalue weighted by Gasteiger charge is 2.23. The van der Waals surface area contributed by atoms with Crippen LogP contribution in [0.4, 0.5) is 11.4 Å². The van der Waals surface area contributed by atoms with Crippen LogP contribution in [-0.2, 0) is 6.42 Å². The quantitative estimate of drug-likeness (QED) is 0.844. The molecule has 0 atom stereocenters. The number of benzene rings is 2. The molecule has 3 rings (SSSR count). The monoisotopic (exact) mass is 294 g/mol. The van der Waals surface area contributed by atoms with Gasteiger partial charge in [-0.15, -0.1) is 0 Å². The van der Waals surface area contributed by atoms with Crippen molar-refractivity contribution < 1.29 is 4.79 Å². The SMILES string of the molecule is Cc1cc(C(=O)N2CCCc3ccccc32)ccc1N(C)C. The molecule has 1 aliphatic rings. The molecule has 3 heteroatoms.